The maximum atomic E-state index is 12.5. The van der Waals surface area contributed by atoms with Crippen LogP contribution in [-0.4, -0.2) is 5.11 Å². The molecule has 23 heavy (non-hydrogen) atoms. The lowest BCUT2D eigenvalue weighted by Gasteiger charge is -2.07. The molecule has 0 aliphatic heterocycles. The zero-order chi connectivity index (χ0) is 16.0. The molecule has 3 heteroatoms. The lowest BCUT2D eigenvalue weighted by Crippen LogP contribution is -2.02. The van der Waals surface area contributed by atoms with Crippen molar-refractivity contribution in [2.45, 2.75) is 6.92 Å². The summed E-state index contributed by atoms with van der Waals surface area (Å²) in [5, 5.41) is 12.6. The molecule has 1 N–H and O–H groups in total. The predicted octanol–water partition coefficient (Wildman–Crippen LogP) is 4.63. The summed E-state index contributed by atoms with van der Waals surface area (Å²) >= 11 is 0. The highest BCUT2D eigenvalue weighted by Crippen LogP contribution is 2.31. The van der Waals surface area contributed by atoms with Gasteiger partial charge in [-0.25, -0.2) is 0 Å². The first-order valence-electron chi connectivity index (χ1n) is 7.39. The summed E-state index contributed by atoms with van der Waals surface area (Å²) in [6.07, 6.45) is 0. The van der Waals surface area contributed by atoms with E-state index in [2.05, 4.69) is 0 Å². The van der Waals surface area contributed by atoms with Crippen molar-refractivity contribution in [2.24, 2.45) is 0 Å². The Morgan fingerprint density at radius 2 is 1.57 bits per heavy atom. The maximum Gasteiger partial charge on any atom is 0.235 e. The molecule has 3 nitrogen and oxygen atoms in total. The molecule has 0 aliphatic rings. The predicted molar refractivity (Wildman–Crippen MR) is 91.8 cm³/mol. The van der Waals surface area contributed by atoms with E-state index in [1.54, 1.807) is 6.07 Å². The number of aromatic hydroxyl groups is 1. The summed E-state index contributed by atoms with van der Waals surface area (Å²) in [5.41, 5.74) is 1.84. The van der Waals surface area contributed by atoms with E-state index in [-0.39, 0.29) is 11.5 Å². The van der Waals surface area contributed by atoms with E-state index in [9.17, 15) is 9.90 Å². The van der Waals surface area contributed by atoms with Gasteiger partial charge in [-0.2, -0.15) is 0 Å². The lowest BCUT2D eigenvalue weighted by molar-refractivity contribution is 0.449. The monoisotopic (exact) mass is 302 g/mol. The van der Waals surface area contributed by atoms with Crippen LogP contribution in [0.1, 0.15) is 5.56 Å². The third kappa shape index (κ3) is 2.18. The number of fused-ring (bicyclic) bond motifs is 2. The van der Waals surface area contributed by atoms with Crippen LogP contribution in [0.3, 0.4) is 0 Å². The quantitative estimate of drug-likeness (QED) is 0.522. The second-order valence-corrected chi connectivity index (χ2v) is 5.67. The molecule has 0 spiro atoms. The molecule has 0 fully saturated rings. The van der Waals surface area contributed by atoms with Crippen LogP contribution in [0, 0.1) is 6.92 Å². The minimum absolute atomic E-state index is 0.206. The molecule has 4 aromatic rings. The number of hydrogen-bond acceptors (Lipinski definition) is 3. The van der Waals surface area contributed by atoms with Gasteiger partial charge in [-0.3, -0.25) is 4.79 Å². The van der Waals surface area contributed by atoms with E-state index in [1.165, 1.54) is 0 Å². The largest absolute Gasteiger partial charge is 0.502 e. The summed E-state index contributed by atoms with van der Waals surface area (Å²) < 4.78 is 5.86. The summed E-state index contributed by atoms with van der Waals surface area (Å²) in [6.45, 7) is 1.98. The molecule has 1 heterocycles. The minimum atomic E-state index is -0.410. The molecular formula is C20H14O3. The molecule has 0 bridgehead atoms. The van der Waals surface area contributed by atoms with E-state index in [0.717, 1.165) is 16.3 Å². The van der Waals surface area contributed by atoms with Crippen molar-refractivity contribution in [3.8, 4) is 17.1 Å². The summed E-state index contributed by atoms with van der Waals surface area (Å²) in [5.74, 6) is -0.144. The smallest absolute Gasteiger partial charge is 0.235 e. The lowest BCUT2D eigenvalue weighted by atomic mass is 10.1. The molecule has 3 aromatic carbocycles. The molecular weight excluding hydrogens is 288 g/mol. The van der Waals surface area contributed by atoms with Crippen LogP contribution >= 0.6 is 0 Å². The number of hydrogen-bond donors (Lipinski definition) is 1. The summed E-state index contributed by atoms with van der Waals surface area (Å²) in [6, 6.07) is 18.8. The van der Waals surface area contributed by atoms with E-state index in [0.29, 0.717) is 16.5 Å². The first kappa shape index (κ1) is 13.6. The highest BCUT2D eigenvalue weighted by molar-refractivity contribution is 5.96. The average molecular weight is 302 g/mol. The Morgan fingerprint density at radius 1 is 0.913 bits per heavy atom. The summed E-state index contributed by atoms with van der Waals surface area (Å²) in [7, 11) is 0. The van der Waals surface area contributed by atoms with Gasteiger partial charge in [0.05, 0.1) is 5.39 Å². The van der Waals surface area contributed by atoms with Crippen LogP contribution in [0.2, 0.25) is 0 Å². The first-order valence-corrected chi connectivity index (χ1v) is 7.39. The number of rotatable bonds is 1. The van der Waals surface area contributed by atoms with Gasteiger partial charge < -0.3 is 9.52 Å². The van der Waals surface area contributed by atoms with Gasteiger partial charge in [-0.05, 0) is 29.8 Å². The second kappa shape index (κ2) is 4.99. The normalized spacial score (nSPS) is 11.2. The Hall–Kier alpha value is -3.07. The Labute approximate surface area is 132 Å². The van der Waals surface area contributed by atoms with Gasteiger partial charge in [-0.15, -0.1) is 0 Å². The van der Waals surface area contributed by atoms with Crippen LogP contribution in [0.15, 0.2) is 69.9 Å². The Bertz CT molecular complexity index is 1090. The fraction of sp³-hybridized carbons (Fsp3) is 0.0500. The fourth-order valence-corrected chi connectivity index (χ4v) is 2.77. The zero-order valence-electron chi connectivity index (χ0n) is 12.5. The molecule has 0 atom stereocenters. The van der Waals surface area contributed by atoms with Crippen molar-refractivity contribution >= 4 is 21.7 Å². The van der Waals surface area contributed by atoms with E-state index in [4.69, 9.17) is 4.42 Å². The van der Waals surface area contributed by atoms with Crippen molar-refractivity contribution in [2.75, 3.05) is 0 Å². The first-order chi connectivity index (χ1) is 11.1. The number of aryl methyl sites for hydroxylation is 1. The van der Waals surface area contributed by atoms with Crippen molar-refractivity contribution in [1.82, 2.24) is 0 Å². The average Bonchev–Trinajstić information content (AvgIpc) is 2.58. The van der Waals surface area contributed by atoms with Crippen molar-refractivity contribution in [1.29, 1.82) is 0 Å². The highest BCUT2D eigenvalue weighted by Gasteiger charge is 2.15. The van der Waals surface area contributed by atoms with Gasteiger partial charge in [0.15, 0.2) is 5.76 Å². The highest BCUT2D eigenvalue weighted by atomic mass is 16.4. The summed E-state index contributed by atoms with van der Waals surface area (Å²) in [4.78, 5) is 12.5. The van der Waals surface area contributed by atoms with Gasteiger partial charge in [0.25, 0.3) is 0 Å². The molecule has 0 unspecified atom stereocenters. The van der Waals surface area contributed by atoms with Crippen LogP contribution in [0.4, 0.5) is 0 Å². The van der Waals surface area contributed by atoms with Crippen LogP contribution < -0.4 is 5.43 Å². The molecule has 0 aliphatic carbocycles. The Balaban J connectivity index is 2.06. The molecule has 1 aromatic heterocycles. The molecule has 0 saturated heterocycles. The molecule has 0 amide bonds. The number of benzene rings is 3. The van der Waals surface area contributed by atoms with Crippen molar-refractivity contribution in [3.63, 3.8) is 0 Å². The van der Waals surface area contributed by atoms with Crippen molar-refractivity contribution < 1.29 is 9.52 Å². The third-order valence-corrected chi connectivity index (χ3v) is 4.05. The standard InChI is InChI=1S/C20H14O3/c1-12-6-8-13(9-7-12)20-19(22)18(21)16-10-14-4-2-3-5-15(14)11-17(16)23-20/h2-11,22H,1H3. The van der Waals surface area contributed by atoms with E-state index in [1.807, 2.05) is 61.5 Å². The van der Waals surface area contributed by atoms with Crippen molar-refractivity contribution in [3.05, 3.63) is 76.5 Å². The van der Waals surface area contributed by atoms with Gasteiger partial charge in [0.2, 0.25) is 11.2 Å². The molecule has 112 valence electrons. The van der Waals surface area contributed by atoms with Crippen LogP contribution in [0.5, 0.6) is 5.75 Å². The Kier molecular flexibility index (Phi) is 2.95. The van der Waals surface area contributed by atoms with Gasteiger partial charge in [0, 0.05) is 5.56 Å². The maximum absolute atomic E-state index is 12.5. The topological polar surface area (TPSA) is 50.4 Å². The zero-order valence-corrected chi connectivity index (χ0v) is 12.5. The van der Waals surface area contributed by atoms with Gasteiger partial charge >= 0.3 is 0 Å². The third-order valence-electron chi connectivity index (χ3n) is 4.05. The molecule has 4 rings (SSSR count). The minimum Gasteiger partial charge on any atom is -0.502 e. The van der Waals surface area contributed by atoms with E-state index >= 15 is 0 Å². The molecule has 0 radical (unpaired) electrons. The fourth-order valence-electron chi connectivity index (χ4n) is 2.77. The van der Waals surface area contributed by atoms with E-state index < -0.39 is 5.43 Å². The SMILES string of the molecule is Cc1ccc(-c2oc3cc4ccccc4cc3c(=O)c2O)cc1. The molecule has 0 saturated carbocycles. The van der Waals surface area contributed by atoms with Crippen LogP contribution in [0.25, 0.3) is 33.1 Å². The van der Waals surface area contributed by atoms with Crippen LogP contribution in [-0.2, 0) is 0 Å². The van der Waals surface area contributed by atoms with Gasteiger partial charge in [-0.1, -0.05) is 54.1 Å². The van der Waals surface area contributed by atoms with Gasteiger partial charge in [0.1, 0.15) is 5.58 Å². The second-order valence-electron chi connectivity index (χ2n) is 5.67. The Morgan fingerprint density at radius 3 is 2.26 bits per heavy atom.